The predicted octanol–water partition coefficient (Wildman–Crippen LogP) is 3.19. The molecule has 1 unspecified atom stereocenters. The van der Waals surface area contributed by atoms with E-state index in [0.29, 0.717) is 6.42 Å². The van der Waals surface area contributed by atoms with Crippen molar-refractivity contribution in [2.75, 3.05) is 0 Å². The summed E-state index contributed by atoms with van der Waals surface area (Å²) >= 11 is 0. The first-order valence-corrected chi connectivity index (χ1v) is 6.54. The monoisotopic (exact) mass is 238 g/mol. The van der Waals surface area contributed by atoms with E-state index in [-0.39, 0.29) is 5.41 Å². The van der Waals surface area contributed by atoms with Gasteiger partial charge in [0.25, 0.3) is 0 Å². The van der Waals surface area contributed by atoms with Crippen molar-refractivity contribution < 1.29 is 10.2 Å². The van der Waals surface area contributed by atoms with E-state index in [2.05, 4.69) is 19.6 Å². The van der Waals surface area contributed by atoms with E-state index in [0.717, 1.165) is 24.8 Å². The molecule has 0 aromatic rings. The molecule has 98 valence electrons. The van der Waals surface area contributed by atoms with Gasteiger partial charge in [-0.3, -0.25) is 0 Å². The summed E-state index contributed by atoms with van der Waals surface area (Å²) < 4.78 is 0. The van der Waals surface area contributed by atoms with Gasteiger partial charge in [-0.1, -0.05) is 20.8 Å². The summed E-state index contributed by atoms with van der Waals surface area (Å²) in [4.78, 5) is 0. The van der Waals surface area contributed by atoms with Crippen LogP contribution in [0.3, 0.4) is 0 Å². The fraction of sp³-hybridized carbons (Fsp3) is 0.800. The van der Waals surface area contributed by atoms with Crippen LogP contribution in [0.25, 0.3) is 0 Å². The van der Waals surface area contributed by atoms with E-state index >= 15 is 0 Å². The molecule has 2 N–H and O–H groups in total. The molecule has 0 spiro atoms. The molecule has 0 saturated heterocycles. The van der Waals surface area contributed by atoms with Gasteiger partial charge in [0.05, 0.1) is 11.2 Å². The van der Waals surface area contributed by atoms with E-state index in [1.54, 1.807) is 13.0 Å². The molecule has 0 amide bonds. The molecule has 0 aromatic heterocycles. The lowest BCUT2D eigenvalue weighted by atomic mass is 9.66. The van der Waals surface area contributed by atoms with E-state index < -0.39 is 11.2 Å². The molecule has 2 nitrogen and oxygen atoms in total. The Labute approximate surface area is 105 Å². The molecular weight excluding hydrogens is 212 g/mol. The van der Waals surface area contributed by atoms with Gasteiger partial charge in [-0.05, 0) is 51.0 Å². The zero-order chi connectivity index (χ0) is 13.3. The second kappa shape index (κ2) is 4.61. The fourth-order valence-electron chi connectivity index (χ4n) is 2.53. The van der Waals surface area contributed by atoms with Gasteiger partial charge >= 0.3 is 0 Å². The quantitative estimate of drug-likeness (QED) is 0.725. The number of hydrogen-bond acceptors (Lipinski definition) is 2. The second-order valence-electron chi connectivity index (χ2n) is 6.39. The summed E-state index contributed by atoms with van der Waals surface area (Å²) in [5.74, 6) is 0. The highest BCUT2D eigenvalue weighted by Crippen LogP contribution is 2.45. The van der Waals surface area contributed by atoms with Crippen molar-refractivity contribution in [3.8, 4) is 0 Å². The first-order valence-electron chi connectivity index (χ1n) is 6.54. The Balaban J connectivity index is 3.18. The Morgan fingerprint density at radius 3 is 2.41 bits per heavy atom. The number of hydrogen-bond donors (Lipinski definition) is 2. The van der Waals surface area contributed by atoms with Crippen LogP contribution >= 0.6 is 0 Å². The summed E-state index contributed by atoms with van der Waals surface area (Å²) in [6.07, 6.45) is 5.23. The van der Waals surface area contributed by atoms with E-state index in [9.17, 15) is 10.2 Å². The van der Waals surface area contributed by atoms with Gasteiger partial charge in [-0.15, -0.1) is 5.73 Å². The van der Waals surface area contributed by atoms with Crippen LogP contribution in [0, 0.1) is 5.41 Å². The Bertz CT molecular complexity index is 324. The first-order chi connectivity index (χ1) is 7.61. The van der Waals surface area contributed by atoms with Crippen molar-refractivity contribution in [1.29, 1.82) is 0 Å². The van der Waals surface area contributed by atoms with Gasteiger partial charge in [0.15, 0.2) is 0 Å². The topological polar surface area (TPSA) is 40.5 Å². The third kappa shape index (κ3) is 3.45. The van der Waals surface area contributed by atoms with Gasteiger partial charge in [-0.25, -0.2) is 0 Å². The maximum absolute atomic E-state index is 10.4. The predicted molar refractivity (Wildman–Crippen MR) is 70.8 cm³/mol. The average Bonchev–Trinajstić information content (AvgIpc) is 2.14. The van der Waals surface area contributed by atoms with Crippen LogP contribution in [0.1, 0.15) is 60.3 Å². The van der Waals surface area contributed by atoms with Gasteiger partial charge in [0.1, 0.15) is 0 Å². The summed E-state index contributed by atoms with van der Waals surface area (Å²) in [5.41, 5.74) is 2.44. The maximum atomic E-state index is 10.4. The minimum absolute atomic E-state index is 0.0396. The number of aliphatic hydroxyl groups is 2. The van der Waals surface area contributed by atoms with Crippen LogP contribution < -0.4 is 0 Å². The van der Waals surface area contributed by atoms with E-state index in [4.69, 9.17) is 0 Å². The lowest BCUT2D eigenvalue weighted by Gasteiger charge is -2.41. The fourth-order valence-corrected chi connectivity index (χ4v) is 2.53. The Hall–Kier alpha value is -0.560. The SMILES string of the molecule is CCC(C)(O)C=C=C1C(C)(C)CCC[C@@]1(C)O. The summed E-state index contributed by atoms with van der Waals surface area (Å²) in [7, 11) is 0. The van der Waals surface area contributed by atoms with Crippen LogP contribution in [0.2, 0.25) is 0 Å². The van der Waals surface area contributed by atoms with Crippen molar-refractivity contribution >= 4 is 0 Å². The van der Waals surface area contributed by atoms with Crippen LogP contribution in [0.5, 0.6) is 0 Å². The molecule has 0 bridgehead atoms. The summed E-state index contributed by atoms with van der Waals surface area (Å²) in [6, 6.07) is 0. The largest absolute Gasteiger partial charge is 0.385 e. The molecule has 0 heterocycles. The normalized spacial score (nSPS) is 31.6. The van der Waals surface area contributed by atoms with Gasteiger partial charge in [0, 0.05) is 5.57 Å². The molecule has 0 radical (unpaired) electrons. The smallest absolute Gasteiger partial charge is 0.0907 e. The van der Waals surface area contributed by atoms with Crippen molar-refractivity contribution in [2.24, 2.45) is 5.41 Å². The van der Waals surface area contributed by atoms with Crippen molar-refractivity contribution in [1.82, 2.24) is 0 Å². The highest BCUT2D eigenvalue weighted by atomic mass is 16.3. The minimum atomic E-state index is -0.837. The number of rotatable bonds is 2. The zero-order valence-corrected chi connectivity index (χ0v) is 11.8. The second-order valence-corrected chi connectivity index (χ2v) is 6.39. The Kier molecular flexibility index (Phi) is 3.93. The molecule has 0 aromatic carbocycles. The molecule has 1 rings (SSSR count). The molecule has 0 aliphatic heterocycles. The average molecular weight is 238 g/mol. The van der Waals surface area contributed by atoms with E-state index in [1.165, 1.54) is 0 Å². The molecule has 1 aliphatic carbocycles. The van der Waals surface area contributed by atoms with E-state index in [1.807, 2.05) is 13.8 Å². The lowest BCUT2D eigenvalue weighted by Crippen LogP contribution is -2.39. The third-order valence-electron chi connectivity index (χ3n) is 3.92. The van der Waals surface area contributed by atoms with Gasteiger partial charge in [0.2, 0.25) is 0 Å². The Morgan fingerprint density at radius 2 is 1.94 bits per heavy atom. The van der Waals surface area contributed by atoms with Crippen molar-refractivity contribution in [3.05, 3.63) is 17.4 Å². The third-order valence-corrected chi connectivity index (χ3v) is 3.92. The molecule has 1 saturated carbocycles. The molecular formula is C15H26O2. The zero-order valence-electron chi connectivity index (χ0n) is 11.8. The molecule has 1 aliphatic rings. The molecule has 17 heavy (non-hydrogen) atoms. The van der Waals surface area contributed by atoms with Gasteiger partial charge in [-0.2, -0.15) is 0 Å². The van der Waals surface area contributed by atoms with Crippen LogP contribution in [0.15, 0.2) is 17.4 Å². The van der Waals surface area contributed by atoms with Crippen molar-refractivity contribution in [3.63, 3.8) is 0 Å². The van der Waals surface area contributed by atoms with Crippen LogP contribution in [-0.2, 0) is 0 Å². The molecule has 2 atom stereocenters. The molecule has 2 heteroatoms. The van der Waals surface area contributed by atoms with Crippen LogP contribution in [-0.4, -0.2) is 21.4 Å². The molecule has 1 fully saturated rings. The van der Waals surface area contributed by atoms with Crippen LogP contribution in [0.4, 0.5) is 0 Å². The highest BCUT2D eigenvalue weighted by molar-refractivity contribution is 5.25. The minimum Gasteiger partial charge on any atom is -0.385 e. The summed E-state index contributed by atoms with van der Waals surface area (Å²) in [5, 5.41) is 20.4. The first kappa shape index (κ1) is 14.5. The maximum Gasteiger partial charge on any atom is 0.0907 e. The highest BCUT2D eigenvalue weighted by Gasteiger charge is 2.40. The Morgan fingerprint density at radius 1 is 1.35 bits per heavy atom. The summed E-state index contributed by atoms with van der Waals surface area (Å²) in [6.45, 7) is 9.83. The lowest BCUT2D eigenvalue weighted by molar-refractivity contribution is 0.0398. The standard InChI is InChI=1S/C15H26O2/c1-6-14(4,16)11-8-12-13(2,3)9-7-10-15(12,5)17/h11,16-17H,6-7,9-10H2,1-5H3/t8?,14?,15-/m1/s1. The van der Waals surface area contributed by atoms with Gasteiger partial charge < -0.3 is 10.2 Å². The van der Waals surface area contributed by atoms with Crippen molar-refractivity contribution in [2.45, 2.75) is 71.5 Å².